The predicted octanol–water partition coefficient (Wildman–Crippen LogP) is 4.38. The Morgan fingerprint density at radius 1 is 0.846 bits per heavy atom. The number of carbonyl (C=O) groups excluding carboxylic acids is 1. The van der Waals surface area contributed by atoms with Gasteiger partial charge in [0.25, 0.3) is 0 Å². The lowest BCUT2D eigenvalue weighted by Crippen LogP contribution is -2.30. The molecular weight excluding hydrogens is 332 g/mol. The summed E-state index contributed by atoms with van der Waals surface area (Å²) >= 11 is 0. The first-order valence-corrected chi connectivity index (χ1v) is 8.11. The summed E-state index contributed by atoms with van der Waals surface area (Å²) < 4.78 is 11.1. The minimum Gasteiger partial charge on any atom is -0.504 e. The van der Waals surface area contributed by atoms with Gasteiger partial charge < -0.3 is 19.4 Å². The summed E-state index contributed by atoms with van der Waals surface area (Å²) in [5.74, 6) is -0.735. The minimum atomic E-state index is -1.57. The van der Waals surface area contributed by atoms with E-state index in [1.807, 2.05) is 37.3 Å². The second kappa shape index (κ2) is 5.81. The van der Waals surface area contributed by atoms with Crippen molar-refractivity contribution < 1.29 is 24.2 Å². The molecule has 0 bridgehead atoms. The third-order valence-electron chi connectivity index (χ3n) is 4.49. The third-order valence-corrected chi connectivity index (χ3v) is 4.49. The summed E-state index contributed by atoms with van der Waals surface area (Å²) in [6.07, 6.45) is 0. The lowest BCUT2D eigenvalue weighted by atomic mass is 9.84. The van der Waals surface area contributed by atoms with Crippen molar-refractivity contribution in [2.45, 2.75) is 12.5 Å². The summed E-state index contributed by atoms with van der Waals surface area (Å²) in [5.41, 5.74) is 0.337. The fraction of sp³-hybridized carbons (Fsp3) is 0.0952. The highest BCUT2D eigenvalue weighted by atomic mass is 16.6. The molecule has 0 saturated carbocycles. The zero-order valence-corrected chi connectivity index (χ0v) is 14.0. The standard InChI is InChI=1S/C21H16O5/c1-13-7-12-17(25-13)14-8-10-16(11-9-14)21(15-5-3-2-4-6-15)19(23)18(22)20(24)26-21/h2-12,22-23H,1H3. The van der Waals surface area contributed by atoms with E-state index in [-0.39, 0.29) is 0 Å². The Balaban J connectivity index is 1.85. The Morgan fingerprint density at radius 2 is 1.50 bits per heavy atom. The van der Waals surface area contributed by atoms with Crippen LogP contribution in [-0.4, -0.2) is 16.2 Å². The molecule has 2 N–H and O–H groups in total. The van der Waals surface area contributed by atoms with Gasteiger partial charge in [0.2, 0.25) is 11.4 Å². The molecule has 0 amide bonds. The first-order valence-electron chi connectivity index (χ1n) is 8.11. The lowest BCUT2D eigenvalue weighted by molar-refractivity contribution is -0.147. The number of furan rings is 1. The molecular formula is C21H16O5. The number of cyclic esters (lactones) is 1. The Kier molecular flexibility index (Phi) is 3.58. The van der Waals surface area contributed by atoms with Crippen molar-refractivity contribution in [2.24, 2.45) is 0 Å². The smallest absolute Gasteiger partial charge is 0.378 e. The number of benzene rings is 2. The van der Waals surface area contributed by atoms with Gasteiger partial charge in [0.1, 0.15) is 11.5 Å². The molecule has 1 aliphatic heterocycles. The van der Waals surface area contributed by atoms with Gasteiger partial charge in [-0.25, -0.2) is 4.79 Å². The number of aryl methyl sites for hydroxylation is 1. The van der Waals surface area contributed by atoms with Gasteiger partial charge in [-0.05, 0) is 19.1 Å². The maximum Gasteiger partial charge on any atom is 0.378 e. The molecule has 0 saturated heterocycles. The first kappa shape index (κ1) is 16.0. The lowest BCUT2D eigenvalue weighted by Gasteiger charge is -2.28. The number of hydrogen-bond acceptors (Lipinski definition) is 5. The van der Waals surface area contributed by atoms with Crippen LogP contribution in [0.3, 0.4) is 0 Å². The molecule has 2 heterocycles. The highest BCUT2D eigenvalue weighted by molar-refractivity contribution is 5.91. The van der Waals surface area contributed by atoms with Gasteiger partial charge in [0.05, 0.1) is 0 Å². The number of aliphatic hydroxyl groups excluding tert-OH is 2. The topological polar surface area (TPSA) is 79.9 Å². The molecule has 26 heavy (non-hydrogen) atoms. The van der Waals surface area contributed by atoms with Crippen LogP contribution in [0.15, 0.2) is 82.7 Å². The molecule has 0 radical (unpaired) electrons. The first-order chi connectivity index (χ1) is 12.5. The summed E-state index contributed by atoms with van der Waals surface area (Å²) in [6.45, 7) is 1.87. The van der Waals surface area contributed by atoms with E-state index in [4.69, 9.17) is 9.15 Å². The Labute approximate surface area is 149 Å². The van der Waals surface area contributed by atoms with Gasteiger partial charge in [-0.3, -0.25) is 0 Å². The Bertz CT molecular complexity index is 998. The van der Waals surface area contributed by atoms with E-state index in [2.05, 4.69) is 0 Å². The summed E-state index contributed by atoms with van der Waals surface area (Å²) in [4.78, 5) is 11.9. The number of ether oxygens (including phenoxy) is 1. The minimum absolute atomic E-state index is 0.518. The van der Waals surface area contributed by atoms with Crippen molar-refractivity contribution in [3.8, 4) is 11.3 Å². The van der Waals surface area contributed by atoms with Gasteiger partial charge in [-0.1, -0.05) is 54.6 Å². The molecule has 0 aliphatic carbocycles. The fourth-order valence-electron chi connectivity index (χ4n) is 3.19. The third kappa shape index (κ3) is 2.29. The number of carbonyl (C=O) groups is 1. The average molecular weight is 348 g/mol. The van der Waals surface area contributed by atoms with Crippen molar-refractivity contribution in [2.75, 3.05) is 0 Å². The molecule has 3 aromatic rings. The molecule has 0 spiro atoms. The zero-order valence-electron chi connectivity index (χ0n) is 14.0. The van der Waals surface area contributed by atoms with Gasteiger partial charge >= 0.3 is 5.97 Å². The second-order valence-electron chi connectivity index (χ2n) is 6.12. The van der Waals surface area contributed by atoms with E-state index in [1.54, 1.807) is 36.4 Å². The SMILES string of the molecule is Cc1ccc(-c2ccc(C3(c4ccccc4)OC(=O)C(O)=C3O)cc2)o1. The maximum absolute atomic E-state index is 11.9. The van der Waals surface area contributed by atoms with Gasteiger partial charge in [-0.15, -0.1) is 0 Å². The maximum atomic E-state index is 11.9. The highest BCUT2D eigenvalue weighted by Gasteiger charge is 2.51. The average Bonchev–Trinajstić information content (AvgIpc) is 3.20. The van der Waals surface area contributed by atoms with E-state index in [1.165, 1.54) is 0 Å². The number of esters is 1. The van der Waals surface area contributed by atoms with E-state index in [9.17, 15) is 15.0 Å². The van der Waals surface area contributed by atoms with Gasteiger partial charge in [0, 0.05) is 16.7 Å². The molecule has 2 aromatic carbocycles. The van der Waals surface area contributed by atoms with E-state index >= 15 is 0 Å². The molecule has 1 unspecified atom stereocenters. The number of rotatable bonds is 3. The van der Waals surface area contributed by atoms with Crippen LogP contribution in [0.1, 0.15) is 16.9 Å². The molecule has 1 aromatic heterocycles. The predicted molar refractivity (Wildman–Crippen MR) is 94.5 cm³/mol. The summed E-state index contributed by atoms with van der Waals surface area (Å²) in [5, 5.41) is 20.4. The van der Waals surface area contributed by atoms with Crippen LogP contribution in [0, 0.1) is 6.92 Å². The summed E-state index contributed by atoms with van der Waals surface area (Å²) in [6, 6.07) is 19.7. The fourth-order valence-corrected chi connectivity index (χ4v) is 3.19. The number of aliphatic hydroxyl groups is 2. The van der Waals surface area contributed by atoms with Crippen LogP contribution < -0.4 is 0 Å². The normalized spacial score (nSPS) is 19.7. The van der Waals surface area contributed by atoms with Crippen LogP contribution in [0.2, 0.25) is 0 Å². The van der Waals surface area contributed by atoms with E-state index in [0.29, 0.717) is 16.9 Å². The molecule has 5 heteroatoms. The Hall–Kier alpha value is -3.47. The molecule has 0 fully saturated rings. The molecule has 1 aliphatic rings. The van der Waals surface area contributed by atoms with E-state index in [0.717, 1.165) is 11.3 Å². The molecule has 5 nitrogen and oxygen atoms in total. The quantitative estimate of drug-likeness (QED) is 0.687. The van der Waals surface area contributed by atoms with Crippen LogP contribution in [0.4, 0.5) is 0 Å². The van der Waals surface area contributed by atoms with Crippen LogP contribution in [0.25, 0.3) is 11.3 Å². The van der Waals surface area contributed by atoms with E-state index < -0.39 is 23.1 Å². The molecule has 1 atom stereocenters. The van der Waals surface area contributed by atoms with Crippen molar-refractivity contribution in [3.63, 3.8) is 0 Å². The van der Waals surface area contributed by atoms with Crippen LogP contribution in [0.5, 0.6) is 0 Å². The van der Waals surface area contributed by atoms with Crippen molar-refractivity contribution >= 4 is 5.97 Å². The number of hydrogen-bond donors (Lipinski definition) is 2. The largest absolute Gasteiger partial charge is 0.504 e. The highest BCUT2D eigenvalue weighted by Crippen LogP contribution is 2.45. The molecule has 130 valence electrons. The second-order valence-corrected chi connectivity index (χ2v) is 6.12. The van der Waals surface area contributed by atoms with Crippen molar-refractivity contribution in [3.05, 3.63) is 95.1 Å². The molecule has 4 rings (SSSR count). The van der Waals surface area contributed by atoms with Gasteiger partial charge in [-0.2, -0.15) is 0 Å². The van der Waals surface area contributed by atoms with Crippen LogP contribution >= 0.6 is 0 Å². The van der Waals surface area contributed by atoms with Crippen molar-refractivity contribution in [1.29, 1.82) is 0 Å². The Morgan fingerprint density at radius 3 is 2.04 bits per heavy atom. The monoisotopic (exact) mass is 348 g/mol. The van der Waals surface area contributed by atoms with Crippen LogP contribution in [-0.2, 0) is 15.1 Å². The van der Waals surface area contributed by atoms with Gasteiger partial charge in [0.15, 0.2) is 5.76 Å². The zero-order chi connectivity index (χ0) is 18.3. The van der Waals surface area contributed by atoms with Crippen molar-refractivity contribution in [1.82, 2.24) is 0 Å². The summed E-state index contributed by atoms with van der Waals surface area (Å²) in [7, 11) is 0.